The summed E-state index contributed by atoms with van der Waals surface area (Å²) in [5.41, 5.74) is 0.791. The molecule has 0 spiro atoms. The molecule has 106 valence electrons. The van der Waals surface area contributed by atoms with Crippen molar-refractivity contribution in [3.05, 3.63) is 24.3 Å². The summed E-state index contributed by atoms with van der Waals surface area (Å²) in [7, 11) is 0. The molecule has 2 N–H and O–H groups in total. The van der Waals surface area contributed by atoms with Gasteiger partial charge >= 0.3 is 0 Å². The molecule has 0 fully saturated rings. The number of likely N-dealkylation sites (N-methyl/N-ethyl adjacent to an activating group) is 1. The van der Waals surface area contributed by atoms with Crippen molar-refractivity contribution in [2.45, 2.75) is 27.2 Å². The second-order valence-corrected chi connectivity index (χ2v) is 4.88. The van der Waals surface area contributed by atoms with Crippen LogP contribution in [0.4, 0.5) is 5.69 Å². The highest BCUT2D eigenvalue weighted by Gasteiger charge is 2.01. The summed E-state index contributed by atoms with van der Waals surface area (Å²) in [4.78, 5) is 11.5. The minimum absolute atomic E-state index is 0.0321. The van der Waals surface area contributed by atoms with E-state index in [2.05, 4.69) is 24.5 Å². The van der Waals surface area contributed by atoms with Gasteiger partial charge in [-0.2, -0.15) is 0 Å². The minimum Gasteiger partial charge on any atom is -0.494 e. The van der Waals surface area contributed by atoms with Gasteiger partial charge in [0.2, 0.25) is 5.91 Å². The Bertz CT molecular complexity index is 374. The van der Waals surface area contributed by atoms with E-state index in [1.165, 1.54) is 0 Å². The largest absolute Gasteiger partial charge is 0.494 e. The molecule has 1 amide bonds. The zero-order chi connectivity index (χ0) is 14.1. The number of carbonyl (C=O) groups is 1. The van der Waals surface area contributed by atoms with E-state index in [4.69, 9.17) is 4.74 Å². The monoisotopic (exact) mass is 264 g/mol. The van der Waals surface area contributed by atoms with Gasteiger partial charge in [0.05, 0.1) is 13.2 Å². The first kappa shape index (κ1) is 15.5. The molecule has 19 heavy (non-hydrogen) atoms. The number of hydrogen-bond acceptors (Lipinski definition) is 3. The fourth-order valence-electron chi connectivity index (χ4n) is 1.49. The van der Waals surface area contributed by atoms with Crippen LogP contribution >= 0.6 is 0 Å². The molecular formula is C15H24N2O2. The summed E-state index contributed by atoms with van der Waals surface area (Å²) in [6.07, 6.45) is 1.04. The van der Waals surface area contributed by atoms with Crippen LogP contribution in [0.25, 0.3) is 0 Å². The molecule has 0 saturated heterocycles. The highest BCUT2D eigenvalue weighted by molar-refractivity contribution is 5.92. The second-order valence-electron chi connectivity index (χ2n) is 4.88. The van der Waals surface area contributed by atoms with Crippen molar-refractivity contribution >= 4 is 11.6 Å². The normalized spacial score (nSPS) is 10.5. The van der Waals surface area contributed by atoms with Crippen LogP contribution in [0.2, 0.25) is 0 Å². The van der Waals surface area contributed by atoms with Crippen LogP contribution in [0.15, 0.2) is 24.3 Å². The van der Waals surface area contributed by atoms with Gasteiger partial charge in [0.25, 0.3) is 0 Å². The van der Waals surface area contributed by atoms with Crippen molar-refractivity contribution in [2.24, 2.45) is 5.92 Å². The lowest BCUT2D eigenvalue weighted by Gasteiger charge is -2.09. The predicted molar refractivity (Wildman–Crippen MR) is 78.6 cm³/mol. The maximum Gasteiger partial charge on any atom is 0.238 e. The van der Waals surface area contributed by atoms with E-state index >= 15 is 0 Å². The first-order chi connectivity index (χ1) is 9.11. The van der Waals surface area contributed by atoms with Gasteiger partial charge in [-0.05, 0) is 43.1 Å². The molecule has 0 aliphatic carbocycles. The lowest BCUT2D eigenvalue weighted by Crippen LogP contribution is -2.27. The molecule has 0 bridgehead atoms. The Morgan fingerprint density at radius 2 is 1.95 bits per heavy atom. The van der Waals surface area contributed by atoms with Crippen molar-refractivity contribution in [2.75, 3.05) is 25.0 Å². The van der Waals surface area contributed by atoms with Crippen LogP contribution in [0.3, 0.4) is 0 Å². The van der Waals surface area contributed by atoms with E-state index in [0.29, 0.717) is 12.5 Å². The van der Waals surface area contributed by atoms with E-state index < -0.39 is 0 Å². The fourth-order valence-corrected chi connectivity index (χ4v) is 1.49. The van der Waals surface area contributed by atoms with Crippen LogP contribution in [-0.2, 0) is 4.79 Å². The Balaban J connectivity index is 2.36. The van der Waals surface area contributed by atoms with E-state index in [9.17, 15) is 4.79 Å². The number of ether oxygens (including phenoxy) is 1. The lowest BCUT2D eigenvalue weighted by atomic mass is 10.1. The van der Waals surface area contributed by atoms with Gasteiger partial charge in [-0.1, -0.05) is 20.8 Å². The van der Waals surface area contributed by atoms with Crippen molar-refractivity contribution < 1.29 is 9.53 Å². The molecule has 4 heteroatoms. The number of hydrogen-bond donors (Lipinski definition) is 2. The van der Waals surface area contributed by atoms with E-state index in [-0.39, 0.29) is 5.91 Å². The Hall–Kier alpha value is -1.55. The molecule has 1 aromatic rings. The number of carbonyl (C=O) groups excluding carboxylic acids is 1. The molecule has 1 rings (SSSR count). The van der Waals surface area contributed by atoms with Gasteiger partial charge in [0.1, 0.15) is 5.75 Å². The average molecular weight is 264 g/mol. The zero-order valence-electron chi connectivity index (χ0n) is 12.0. The molecule has 1 aromatic carbocycles. The quantitative estimate of drug-likeness (QED) is 0.759. The highest BCUT2D eigenvalue weighted by Crippen LogP contribution is 2.16. The molecule has 0 aliphatic heterocycles. The van der Waals surface area contributed by atoms with Crippen LogP contribution in [-0.4, -0.2) is 25.6 Å². The molecule has 0 atom stereocenters. The average Bonchev–Trinajstić information content (AvgIpc) is 2.38. The van der Waals surface area contributed by atoms with Crippen LogP contribution in [0, 0.1) is 5.92 Å². The van der Waals surface area contributed by atoms with Crippen molar-refractivity contribution in [1.82, 2.24) is 5.32 Å². The van der Waals surface area contributed by atoms with Crippen molar-refractivity contribution in [3.63, 3.8) is 0 Å². The number of benzene rings is 1. The summed E-state index contributed by atoms with van der Waals surface area (Å²) in [6.45, 7) is 8.16. The summed E-state index contributed by atoms with van der Waals surface area (Å²) >= 11 is 0. The lowest BCUT2D eigenvalue weighted by molar-refractivity contribution is -0.115. The summed E-state index contributed by atoms with van der Waals surface area (Å²) in [6, 6.07) is 7.47. The molecular weight excluding hydrogens is 240 g/mol. The van der Waals surface area contributed by atoms with Gasteiger partial charge in [-0.25, -0.2) is 0 Å². The van der Waals surface area contributed by atoms with Crippen LogP contribution < -0.4 is 15.4 Å². The fraction of sp³-hybridized carbons (Fsp3) is 0.533. The Labute approximate surface area is 115 Å². The number of nitrogens with one attached hydrogen (secondary N) is 2. The molecule has 4 nitrogen and oxygen atoms in total. The third-order valence-electron chi connectivity index (χ3n) is 2.64. The molecule has 0 heterocycles. The first-order valence-electron chi connectivity index (χ1n) is 6.85. The highest BCUT2D eigenvalue weighted by atomic mass is 16.5. The Kier molecular flexibility index (Phi) is 6.97. The minimum atomic E-state index is -0.0321. The Morgan fingerprint density at radius 3 is 2.53 bits per heavy atom. The molecule has 0 saturated carbocycles. The topological polar surface area (TPSA) is 50.4 Å². The maximum atomic E-state index is 11.5. The smallest absolute Gasteiger partial charge is 0.238 e. The third kappa shape index (κ3) is 6.82. The summed E-state index contributed by atoms with van der Waals surface area (Å²) in [5.74, 6) is 1.45. The number of anilines is 1. The van der Waals surface area contributed by atoms with Gasteiger partial charge < -0.3 is 15.4 Å². The van der Waals surface area contributed by atoms with E-state index in [1.807, 2.05) is 31.2 Å². The van der Waals surface area contributed by atoms with E-state index in [1.54, 1.807) is 0 Å². The molecule has 0 unspecified atom stereocenters. The van der Waals surface area contributed by atoms with Crippen molar-refractivity contribution in [3.8, 4) is 5.75 Å². The Morgan fingerprint density at radius 1 is 1.26 bits per heavy atom. The number of rotatable bonds is 8. The number of amides is 1. The first-order valence-corrected chi connectivity index (χ1v) is 6.85. The summed E-state index contributed by atoms with van der Waals surface area (Å²) in [5, 5.41) is 5.80. The predicted octanol–water partition coefficient (Wildman–Crippen LogP) is 2.66. The van der Waals surface area contributed by atoms with Gasteiger partial charge in [-0.15, -0.1) is 0 Å². The summed E-state index contributed by atoms with van der Waals surface area (Å²) < 4.78 is 5.62. The van der Waals surface area contributed by atoms with Gasteiger partial charge in [-0.3, -0.25) is 4.79 Å². The van der Waals surface area contributed by atoms with Crippen LogP contribution in [0.1, 0.15) is 27.2 Å². The molecule has 0 radical (unpaired) electrons. The maximum absolute atomic E-state index is 11.5. The molecule has 0 aromatic heterocycles. The third-order valence-corrected chi connectivity index (χ3v) is 2.64. The van der Waals surface area contributed by atoms with Crippen LogP contribution in [0.5, 0.6) is 5.75 Å². The second kappa shape index (κ2) is 8.53. The molecule has 0 aliphatic rings. The standard InChI is InChI=1S/C15H24N2O2/c1-4-16-11-15(18)17-13-5-7-14(8-6-13)19-10-9-12(2)3/h5-8,12,16H,4,9-11H2,1-3H3,(H,17,18). The van der Waals surface area contributed by atoms with Gasteiger partial charge in [0.15, 0.2) is 0 Å². The SMILES string of the molecule is CCNCC(=O)Nc1ccc(OCCC(C)C)cc1. The van der Waals surface area contributed by atoms with Crippen molar-refractivity contribution in [1.29, 1.82) is 0 Å². The van der Waals surface area contributed by atoms with E-state index in [0.717, 1.165) is 31.0 Å². The van der Waals surface area contributed by atoms with Gasteiger partial charge in [0, 0.05) is 5.69 Å². The zero-order valence-corrected chi connectivity index (χ0v) is 12.0.